The van der Waals surface area contributed by atoms with Crippen molar-refractivity contribution in [2.75, 3.05) is 20.1 Å². The molecular weight excluding hydrogens is 132 g/mol. The second-order valence-electron chi connectivity index (χ2n) is 1.65. The summed E-state index contributed by atoms with van der Waals surface area (Å²) in [5.74, 6) is 0. The topological polar surface area (TPSA) is 15.3 Å². The molecule has 9 heavy (non-hydrogen) atoms. The molecule has 0 spiro atoms. The summed E-state index contributed by atoms with van der Waals surface area (Å²) in [5.41, 5.74) is 0. The number of rotatable bonds is 0. The molecule has 2 nitrogen and oxygen atoms in total. The van der Waals surface area contributed by atoms with Crippen molar-refractivity contribution < 1.29 is 0 Å². The van der Waals surface area contributed by atoms with Gasteiger partial charge < -0.3 is 10.2 Å². The molecule has 0 aromatic heterocycles. The maximum Gasteiger partial charge on any atom is 0.168 e. The number of nitrogens with zero attached hydrogens (tertiary/aromatic N) is 1. The summed E-state index contributed by atoms with van der Waals surface area (Å²) in [5, 5.41) is 3.90. The monoisotopic (exact) mass is 146 g/mol. The lowest BCUT2D eigenvalue weighted by atomic mass is 10.7. The smallest absolute Gasteiger partial charge is 0.168 e. The lowest BCUT2D eigenvalue weighted by molar-refractivity contribution is 0.571. The first-order valence-electron chi connectivity index (χ1n) is 3.29. The van der Waals surface area contributed by atoms with E-state index in [2.05, 4.69) is 5.32 Å². The molecule has 1 rings (SSSR count). The third-order valence-corrected chi connectivity index (χ3v) is 1.53. The lowest BCUT2D eigenvalue weighted by Gasteiger charge is -2.05. The van der Waals surface area contributed by atoms with Gasteiger partial charge in [0.25, 0.3) is 0 Å². The molecule has 1 N–H and O–H groups in total. The van der Waals surface area contributed by atoms with Crippen molar-refractivity contribution in [2.45, 2.75) is 13.8 Å². The zero-order valence-electron chi connectivity index (χ0n) is 6.27. The van der Waals surface area contributed by atoms with Gasteiger partial charge in [0, 0.05) is 20.1 Å². The zero-order valence-corrected chi connectivity index (χ0v) is 7.09. The Bertz CT molecular complexity index is 93.1. The zero-order chi connectivity index (χ0) is 7.28. The lowest BCUT2D eigenvalue weighted by Crippen LogP contribution is -2.22. The minimum atomic E-state index is 0.875. The van der Waals surface area contributed by atoms with Gasteiger partial charge in [0.1, 0.15) is 0 Å². The Kier molecular flexibility index (Phi) is 4.40. The van der Waals surface area contributed by atoms with E-state index in [1.54, 1.807) is 0 Å². The SMILES string of the molecule is CC.CN1CCNC1=S. The van der Waals surface area contributed by atoms with E-state index in [0.717, 1.165) is 18.2 Å². The van der Waals surface area contributed by atoms with Crippen molar-refractivity contribution in [3.8, 4) is 0 Å². The minimum Gasteiger partial charge on any atom is -0.361 e. The van der Waals surface area contributed by atoms with Crippen LogP contribution in [-0.2, 0) is 0 Å². The van der Waals surface area contributed by atoms with Gasteiger partial charge in [-0.05, 0) is 12.2 Å². The molecular formula is C6H14N2S. The van der Waals surface area contributed by atoms with E-state index in [4.69, 9.17) is 12.2 Å². The fourth-order valence-corrected chi connectivity index (χ4v) is 0.760. The normalized spacial score (nSPS) is 16.3. The maximum atomic E-state index is 4.86. The van der Waals surface area contributed by atoms with Gasteiger partial charge in [-0.3, -0.25) is 0 Å². The van der Waals surface area contributed by atoms with Gasteiger partial charge in [-0.25, -0.2) is 0 Å². The third kappa shape index (κ3) is 2.65. The van der Waals surface area contributed by atoms with Crippen LogP contribution in [0.1, 0.15) is 13.8 Å². The molecule has 1 aliphatic rings. The van der Waals surface area contributed by atoms with Crippen LogP contribution in [-0.4, -0.2) is 30.1 Å². The number of likely N-dealkylation sites (N-methyl/N-ethyl adjacent to an activating group) is 1. The highest BCUT2D eigenvalue weighted by atomic mass is 32.1. The summed E-state index contributed by atoms with van der Waals surface area (Å²) in [4.78, 5) is 2.02. The number of hydrogen-bond donors (Lipinski definition) is 1. The van der Waals surface area contributed by atoms with E-state index >= 15 is 0 Å². The fourth-order valence-electron chi connectivity index (χ4n) is 0.567. The van der Waals surface area contributed by atoms with Crippen LogP contribution in [0.2, 0.25) is 0 Å². The molecule has 0 saturated carbocycles. The highest BCUT2D eigenvalue weighted by Gasteiger charge is 2.08. The molecule has 1 heterocycles. The van der Waals surface area contributed by atoms with Crippen LogP contribution in [0.15, 0.2) is 0 Å². The van der Waals surface area contributed by atoms with Gasteiger partial charge in [-0.2, -0.15) is 0 Å². The van der Waals surface area contributed by atoms with Crippen LogP contribution in [0.25, 0.3) is 0 Å². The summed E-state index contributed by atoms with van der Waals surface area (Å²) in [7, 11) is 1.99. The van der Waals surface area contributed by atoms with Crippen molar-refractivity contribution in [3.63, 3.8) is 0 Å². The average Bonchev–Trinajstić information content (AvgIpc) is 2.23. The molecule has 0 amide bonds. The van der Waals surface area contributed by atoms with Crippen LogP contribution >= 0.6 is 12.2 Å². The van der Waals surface area contributed by atoms with Crippen LogP contribution in [0.5, 0.6) is 0 Å². The number of thiocarbonyl (C=S) groups is 1. The standard InChI is InChI=1S/C4H8N2S.C2H6/c1-6-3-2-5-4(6)7;1-2/h2-3H2,1H3,(H,5,7);1-2H3. The first kappa shape index (κ1) is 8.69. The van der Waals surface area contributed by atoms with Gasteiger partial charge in [-0.15, -0.1) is 0 Å². The molecule has 1 aliphatic heterocycles. The van der Waals surface area contributed by atoms with Crippen molar-refractivity contribution in [2.24, 2.45) is 0 Å². The Morgan fingerprint density at radius 1 is 1.56 bits per heavy atom. The molecule has 0 aromatic rings. The van der Waals surface area contributed by atoms with E-state index < -0.39 is 0 Å². The van der Waals surface area contributed by atoms with Gasteiger partial charge in [-0.1, -0.05) is 13.8 Å². The highest BCUT2D eigenvalue weighted by molar-refractivity contribution is 7.80. The first-order valence-corrected chi connectivity index (χ1v) is 3.70. The van der Waals surface area contributed by atoms with Gasteiger partial charge in [0.15, 0.2) is 5.11 Å². The summed E-state index contributed by atoms with van der Waals surface area (Å²) in [6.45, 7) is 6.06. The van der Waals surface area contributed by atoms with E-state index in [-0.39, 0.29) is 0 Å². The number of hydrogen-bond acceptors (Lipinski definition) is 1. The van der Waals surface area contributed by atoms with Gasteiger partial charge in [0.2, 0.25) is 0 Å². The third-order valence-electron chi connectivity index (χ3n) is 1.07. The molecule has 0 atom stereocenters. The molecule has 0 unspecified atom stereocenters. The molecule has 0 bridgehead atoms. The number of nitrogens with one attached hydrogen (secondary N) is 1. The van der Waals surface area contributed by atoms with Crippen molar-refractivity contribution in [1.29, 1.82) is 0 Å². The van der Waals surface area contributed by atoms with Crippen molar-refractivity contribution >= 4 is 17.3 Å². The molecule has 54 valence electrons. The second-order valence-corrected chi connectivity index (χ2v) is 2.04. The average molecular weight is 146 g/mol. The predicted octanol–water partition coefficient (Wildman–Crippen LogP) is 0.833. The molecule has 1 saturated heterocycles. The van der Waals surface area contributed by atoms with Gasteiger partial charge >= 0.3 is 0 Å². The maximum absolute atomic E-state index is 4.86. The highest BCUT2D eigenvalue weighted by Crippen LogP contribution is 1.89. The van der Waals surface area contributed by atoms with E-state index in [9.17, 15) is 0 Å². The molecule has 0 aliphatic carbocycles. The minimum absolute atomic E-state index is 0.875. The Morgan fingerprint density at radius 3 is 2.22 bits per heavy atom. The van der Waals surface area contributed by atoms with Gasteiger partial charge in [0.05, 0.1) is 0 Å². The quantitative estimate of drug-likeness (QED) is 0.510. The summed E-state index contributed by atoms with van der Waals surface area (Å²) < 4.78 is 0. The Balaban J connectivity index is 0.000000291. The summed E-state index contributed by atoms with van der Waals surface area (Å²) in [6, 6.07) is 0. The van der Waals surface area contributed by atoms with Crippen LogP contribution < -0.4 is 5.32 Å². The Morgan fingerprint density at radius 2 is 2.11 bits per heavy atom. The first-order chi connectivity index (χ1) is 4.30. The van der Waals surface area contributed by atoms with E-state index in [0.29, 0.717) is 0 Å². The second kappa shape index (κ2) is 4.56. The van der Waals surface area contributed by atoms with E-state index in [1.807, 2.05) is 25.8 Å². The van der Waals surface area contributed by atoms with Crippen LogP contribution in [0.3, 0.4) is 0 Å². The van der Waals surface area contributed by atoms with Crippen molar-refractivity contribution in [1.82, 2.24) is 10.2 Å². The molecule has 0 aromatic carbocycles. The predicted molar refractivity (Wildman–Crippen MR) is 44.6 cm³/mol. The van der Waals surface area contributed by atoms with E-state index in [1.165, 1.54) is 0 Å². The van der Waals surface area contributed by atoms with Crippen LogP contribution in [0.4, 0.5) is 0 Å². The molecule has 3 heteroatoms. The Hall–Kier alpha value is -0.310. The van der Waals surface area contributed by atoms with Crippen LogP contribution in [0, 0.1) is 0 Å². The largest absolute Gasteiger partial charge is 0.361 e. The molecule has 1 fully saturated rings. The Labute approximate surface area is 62.2 Å². The summed E-state index contributed by atoms with van der Waals surface area (Å²) in [6.07, 6.45) is 0. The van der Waals surface area contributed by atoms with Crippen molar-refractivity contribution in [3.05, 3.63) is 0 Å². The summed E-state index contributed by atoms with van der Waals surface area (Å²) >= 11 is 4.86. The fraction of sp³-hybridized carbons (Fsp3) is 0.833. The molecule has 0 radical (unpaired) electrons.